The number of halogens is 3. The lowest BCUT2D eigenvalue weighted by Gasteiger charge is -2.23. The monoisotopic (exact) mass is 426 g/mol. The molecule has 0 aliphatic rings. The number of rotatable bonds is 9. The van der Waals surface area contributed by atoms with Crippen molar-refractivity contribution < 1.29 is 23.1 Å². The number of ether oxygens (including phenoxy) is 1. The van der Waals surface area contributed by atoms with Crippen LogP contribution in [0.4, 0.5) is 8.78 Å². The minimum absolute atomic E-state index is 0. The van der Waals surface area contributed by atoms with Gasteiger partial charge in [0, 0.05) is 29.6 Å². The zero-order valence-electron chi connectivity index (χ0n) is 16.5. The summed E-state index contributed by atoms with van der Waals surface area (Å²) in [5.41, 5.74) is 5.25. The summed E-state index contributed by atoms with van der Waals surface area (Å²) in [6.07, 6.45) is 0.614. The van der Waals surface area contributed by atoms with Gasteiger partial charge < -0.3 is 15.8 Å². The first kappa shape index (κ1) is 24.5. The molecule has 3 N–H and O–H groups in total. The molecule has 1 amide bonds. The number of hydrogen-bond donors (Lipinski definition) is 2. The third kappa shape index (κ3) is 5.98. The van der Waals surface area contributed by atoms with Gasteiger partial charge in [-0.1, -0.05) is 25.1 Å². The van der Waals surface area contributed by atoms with E-state index in [-0.39, 0.29) is 47.3 Å². The van der Waals surface area contributed by atoms with Gasteiger partial charge in [-0.25, -0.2) is 8.78 Å². The molecule has 0 unspecified atom stereocenters. The second-order valence-electron chi connectivity index (χ2n) is 6.58. The molecule has 8 heteroatoms. The molecule has 0 bridgehead atoms. The van der Waals surface area contributed by atoms with Crippen LogP contribution in [0, 0.1) is 11.6 Å². The summed E-state index contributed by atoms with van der Waals surface area (Å²) < 4.78 is 34.1. The molecule has 158 valence electrons. The third-order valence-corrected chi connectivity index (χ3v) is 4.44. The van der Waals surface area contributed by atoms with E-state index >= 15 is 4.39 Å². The first-order valence-corrected chi connectivity index (χ1v) is 8.99. The quantitative estimate of drug-likeness (QED) is 0.595. The van der Waals surface area contributed by atoms with Crippen molar-refractivity contribution in [2.45, 2.75) is 38.8 Å². The molecule has 0 saturated heterocycles. The van der Waals surface area contributed by atoms with Crippen LogP contribution in [0.3, 0.4) is 0 Å². The van der Waals surface area contributed by atoms with E-state index in [1.54, 1.807) is 6.92 Å². The predicted octanol–water partition coefficient (Wildman–Crippen LogP) is 3.93. The van der Waals surface area contributed by atoms with E-state index in [1.165, 1.54) is 37.4 Å². The topological polar surface area (TPSA) is 81.4 Å². The summed E-state index contributed by atoms with van der Waals surface area (Å²) in [6, 6.07) is 7.39. The Morgan fingerprint density at radius 2 is 1.90 bits per heavy atom. The highest BCUT2D eigenvalue weighted by Gasteiger charge is 2.26. The number of ketones is 1. The molecule has 0 fully saturated rings. The third-order valence-electron chi connectivity index (χ3n) is 4.44. The highest BCUT2D eigenvalue weighted by molar-refractivity contribution is 6.11. The molecule has 2 rings (SSSR count). The first-order chi connectivity index (χ1) is 13.3. The molecule has 2 aromatic rings. The van der Waals surface area contributed by atoms with Crippen LogP contribution >= 0.6 is 12.4 Å². The highest BCUT2D eigenvalue weighted by Crippen LogP contribution is 2.31. The Bertz CT molecular complexity index is 877. The van der Waals surface area contributed by atoms with Gasteiger partial charge in [-0.2, -0.15) is 0 Å². The molecule has 0 saturated carbocycles. The molecule has 29 heavy (non-hydrogen) atoms. The lowest BCUT2D eigenvalue weighted by Crippen LogP contribution is -2.34. The van der Waals surface area contributed by atoms with Gasteiger partial charge in [0.2, 0.25) is 5.91 Å². The molecule has 0 radical (unpaired) electrons. The fourth-order valence-corrected chi connectivity index (χ4v) is 3.13. The summed E-state index contributed by atoms with van der Waals surface area (Å²) in [6.45, 7) is 3.63. The van der Waals surface area contributed by atoms with Crippen LogP contribution in [0.15, 0.2) is 36.4 Å². The number of amides is 1. The molecule has 0 spiro atoms. The predicted molar refractivity (Wildman–Crippen MR) is 109 cm³/mol. The number of hydrogen-bond acceptors (Lipinski definition) is 4. The zero-order chi connectivity index (χ0) is 20.8. The van der Waals surface area contributed by atoms with Gasteiger partial charge in [0.05, 0.1) is 7.11 Å². The van der Waals surface area contributed by atoms with Crippen molar-refractivity contribution in [3.8, 4) is 5.75 Å². The van der Waals surface area contributed by atoms with Crippen molar-refractivity contribution in [2.75, 3.05) is 7.11 Å². The summed E-state index contributed by atoms with van der Waals surface area (Å²) in [7, 11) is 1.33. The summed E-state index contributed by atoms with van der Waals surface area (Å²) in [4.78, 5) is 24.0. The van der Waals surface area contributed by atoms with Gasteiger partial charge >= 0.3 is 0 Å². The van der Waals surface area contributed by atoms with Crippen LogP contribution in [-0.2, 0) is 4.79 Å². The van der Waals surface area contributed by atoms with Crippen molar-refractivity contribution >= 4 is 24.1 Å². The van der Waals surface area contributed by atoms with Gasteiger partial charge in [0.15, 0.2) is 5.78 Å². The van der Waals surface area contributed by atoms with Gasteiger partial charge in [0.1, 0.15) is 22.9 Å². The number of carbonyl (C=O) groups is 2. The van der Waals surface area contributed by atoms with Crippen LogP contribution in [0.5, 0.6) is 5.75 Å². The second-order valence-corrected chi connectivity index (χ2v) is 6.58. The largest absolute Gasteiger partial charge is 0.496 e. The average molecular weight is 427 g/mol. The van der Waals surface area contributed by atoms with Crippen LogP contribution in [0.1, 0.15) is 54.2 Å². The van der Waals surface area contributed by atoms with Crippen molar-refractivity contribution in [1.82, 2.24) is 5.32 Å². The van der Waals surface area contributed by atoms with Crippen LogP contribution in [0.25, 0.3) is 0 Å². The van der Waals surface area contributed by atoms with Crippen molar-refractivity contribution in [3.05, 3.63) is 64.7 Å². The van der Waals surface area contributed by atoms with E-state index in [1.807, 2.05) is 6.92 Å². The Morgan fingerprint density at radius 3 is 2.45 bits per heavy atom. The molecule has 2 atom stereocenters. The number of primary amides is 1. The smallest absolute Gasteiger partial charge is 0.218 e. The number of methoxy groups -OCH3 is 1. The molecule has 0 aliphatic carbocycles. The molecule has 2 aromatic carbocycles. The molecule has 5 nitrogen and oxygen atoms in total. The van der Waals surface area contributed by atoms with E-state index in [2.05, 4.69) is 5.32 Å². The van der Waals surface area contributed by atoms with Crippen molar-refractivity contribution in [1.29, 1.82) is 0 Å². The lowest BCUT2D eigenvalue weighted by molar-refractivity contribution is -0.118. The molecular formula is C21H25ClF2N2O3. The Kier molecular flexibility index (Phi) is 9.20. The summed E-state index contributed by atoms with van der Waals surface area (Å²) >= 11 is 0. The maximum atomic E-state index is 15.4. The summed E-state index contributed by atoms with van der Waals surface area (Å²) in [5, 5.41) is 3.15. The SMILES string of the molecule is CC[C@@H](N[C@H](C)CC(N)=O)c1ccc(OC)c(C(=O)c2cccc(F)c2)c1F.Cl. The highest BCUT2D eigenvalue weighted by atomic mass is 35.5. The average Bonchev–Trinajstić information content (AvgIpc) is 2.65. The first-order valence-electron chi connectivity index (χ1n) is 8.99. The van der Waals surface area contributed by atoms with E-state index in [0.717, 1.165) is 6.07 Å². The van der Waals surface area contributed by atoms with Crippen molar-refractivity contribution in [3.63, 3.8) is 0 Å². The maximum absolute atomic E-state index is 15.4. The maximum Gasteiger partial charge on any atom is 0.218 e. The second kappa shape index (κ2) is 10.9. The Hall–Kier alpha value is -2.51. The normalized spacial score (nSPS) is 12.6. The molecule has 0 aromatic heterocycles. The van der Waals surface area contributed by atoms with E-state index in [0.29, 0.717) is 6.42 Å². The summed E-state index contributed by atoms with van der Waals surface area (Å²) in [5.74, 6) is -2.40. The van der Waals surface area contributed by atoms with Crippen LogP contribution in [0.2, 0.25) is 0 Å². The standard InChI is InChI=1S/C21H24F2N2O3.ClH/c1-4-16(25-12(2)10-18(24)26)15-8-9-17(28-3)19(20(15)23)21(27)13-6-5-7-14(22)11-13;/h5-9,11-12,16,25H,4,10H2,1-3H3,(H2,24,26);1H/t12-,16-;/m1./s1. The van der Waals surface area contributed by atoms with E-state index < -0.39 is 29.4 Å². The number of nitrogens with one attached hydrogen (secondary N) is 1. The fourth-order valence-electron chi connectivity index (χ4n) is 3.13. The van der Waals surface area contributed by atoms with Crippen molar-refractivity contribution in [2.24, 2.45) is 5.73 Å². The Labute approximate surface area is 175 Å². The van der Waals surface area contributed by atoms with Crippen LogP contribution in [-0.4, -0.2) is 24.8 Å². The number of benzene rings is 2. The minimum atomic E-state index is -0.737. The van der Waals surface area contributed by atoms with Crippen LogP contribution < -0.4 is 15.8 Å². The number of carbonyl (C=O) groups excluding carboxylic acids is 2. The van der Waals surface area contributed by atoms with E-state index in [9.17, 15) is 14.0 Å². The Morgan fingerprint density at radius 1 is 1.21 bits per heavy atom. The molecule has 0 heterocycles. The minimum Gasteiger partial charge on any atom is -0.496 e. The Balaban J connectivity index is 0.00000420. The van der Waals surface area contributed by atoms with Gasteiger partial charge in [-0.15, -0.1) is 12.4 Å². The van der Waals surface area contributed by atoms with E-state index in [4.69, 9.17) is 10.5 Å². The van der Waals surface area contributed by atoms with Gasteiger partial charge in [0.25, 0.3) is 0 Å². The lowest BCUT2D eigenvalue weighted by atomic mass is 9.95. The molecule has 0 aliphatic heterocycles. The fraction of sp³-hybridized carbons (Fsp3) is 0.333. The molecular weight excluding hydrogens is 402 g/mol. The van der Waals surface area contributed by atoms with Gasteiger partial charge in [-0.05, 0) is 31.5 Å². The zero-order valence-corrected chi connectivity index (χ0v) is 17.3. The van der Waals surface area contributed by atoms with Gasteiger partial charge in [-0.3, -0.25) is 9.59 Å². The number of nitrogens with two attached hydrogens (primary N) is 1.